The molecule has 0 radical (unpaired) electrons. The second kappa shape index (κ2) is 4.54. The lowest BCUT2D eigenvalue weighted by molar-refractivity contribution is 0.509. The Kier molecular flexibility index (Phi) is 3.33. The van der Waals surface area contributed by atoms with Crippen molar-refractivity contribution in [3.8, 4) is 0 Å². The first-order chi connectivity index (χ1) is 5.86. The molecule has 1 aromatic rings. The highest BCUT2D eigenvalue weighted by atomic mass is 16.3. The summed E-state index contributed by atoms with van der Waals surface area (Å²) < 4.78 is 5.21. The van der Waals surface area contributed by atoms with Gasteiger partial charge in [0.1, 0.15) is 12.0 Å². The first kappa shape index (κ1) is 8.78. The molecule has 1 rings (SSSR count). The predicted octanol–water partition coefficient (Wildman–Crippen LogP) is 2.83. The monoisotopic (exact) mass is 163 g/mol. The summed E-state index contributed by atoms with van der Waals surface area (Å²) in [6.07, 6.45) is 10.3. The summed E-state index contributed by atoms with van der Waals surface area (Å²) in [4.78, 5) is 4.23. The van der Waals surface area contributed by atoms with Crippen molar-refractivity contribution in [1.29, 1.82) is 0 Å². The fourth-order valence-electron chi connectivity index (χ4n) is 0.885. The van der Waals surface area contributed by atoms with Crippen LogP contribution in [-0.2, 0) is 6.42 Å². The van der Waals surface area contributed by atoms with Crippen LogP contribution in [0.4, 0.5) is 0 Å². The number of oxazole rings is 1. The molecule has 0 bridgehead atoms. The van der Waals surface area contributed by atoms with Crippen LogP contribution in [0.5, 0.6) is 0 Å². The Morgan fingerprint density at radius 3 is 2.92 bits per heavy atom. The first-order valence-corrected chi connectivity index (χ1v) is 4.05. The predicted molar refractivity (Wildman–Crippen MR) is 49.7 cm³/mol. The number of hydrogen-bond donors (Lipinski definition) is 0. The second-order valence-corrected chi connectivity index (χ2v) is 2.44. The van der Waals surface area contributed by atoms with Crippen LogP contribution in [0.2, 0.25) is 0 Å². The fraction of sp³-hybridized carbons (Fsp3) is 0.300. The molecule has 2 heteroatoms. The zero-order valence-electron chi connectivity index (χ0n) is 7.45. The minimum absolute atomic E-state index is 0.765. The molecule has 0 aromatic carbocycles. The number of nitrogens with zero attached hydrogens (tertiary/aromatic N) is 1. The van der Waals surface area contributed by atoms with Crippen molar-refractivity contribution in [2.45, 2.75) is 20.3 Å². The SMILES string of the molecule is C/C=C\Cc1nc(/C=C\C)co1. The van der Waals surface area contributed by atoms with E-state index in [0.29, 0.717) is 0 Å². The molecule has 0 atom stereocenters. The lowest BCUT2D eigenvalue weighted by Gasteiger charge is -1.82. The summed E-state index contributed by atoms with van der Waals surface area (Å²) in [6.45, 7) is 3.94. The van der Waals surface area contributed by atoms with Gasteiger partial charge in [-0.05, 0) is 19.9 Å². The summed E-state index contributed by atoms with van der Waals surface area (Å²) in [5, 5.41) is 0. The van der Waals surface area contributed by atoms with E-state index in [0.717, 1.165) is 18.0 Å². The fourth-order valence-corrected chi connectivity index (χ4v) is 0.885. The van der Waals surface area contributed by atoms with E-state index in [1.54, 1.807) is 6.26 Å². The van der Waals surface area contributed by atoms with Crippen molar-refractivity contribution < 1.29 is 4.42 Å². The van der Waals surface area contributed by atoms with Crippen LogP contribution >= 0.6 is 0 Å². The quantitative estimate of drug-likeness (QED) is 0.640. The van der Waals surface area contributed by atoms with Crippen LogP contribution in [0.25, 0.3) is 6.08 Å². The van der Waals surface area contributed by atoms with Crippen LogP contribution < -0.4 is 0 Å². The minimum atomic E-state index is 0.765. The molecule has 0 N–H and O–H groups in total. The lowest BCUT2D eigenvalue weighted by Crippen LogP contribution is -1.79. The molecule has 0 aliphatic heterocycles. The van der Waals surface area contributed by atoms with Gasteiger partial charge in [-0.1, -0.05) is 18.2 Å². The molecule has 1 aromatic heterocycles. The van der Waals surface area contributed by atoms with E-state index in [9.17, 15) is 0 Å². The molecule has 12 heavy (non-hydrogen) atoms. The Morgan fingerprint density at radius 1 is 1.42 bits per heavy atom. The maximum atomic E-state index is 5.21. The Hall–Kier alpha value is -1.31. The number of allylic oxidation sites excluding steroid dienone is 3. The maximum Gasteiger partial charge on any atom is 0.198 e. The molecular weight excluding hydrogens is 150 g/mol. The van der Waals surface area contributed by atoms with Gasteiger partial charge in [-0.3, -0.25) is 0 Å². The summed E-state index contributed by atoms with van der Waals surface area (Å²) in [5.74, 6) is 0.765. The standard InChI is InChI=1S/C10H13NO/c1-3-5-7-10-11-9(6-4-2)8-12-10/h3-6,8H,7H2,1-2H3/b5-3-,6-4-. The molecule has 0 spiro atoms. The van der Waals surface area contributed by atoms with Gasteiger partial charge in [0.25, 0.3) is 0 Å². The lowest BCUT2D eigenvalue weighted by atomic mass is 10.4. The molecule has 2 nitrogen and oxygen atoms in total. The van der Waals surface area contributed by atoms with E-state index < -0.39 is 0 Å². The zero-order chi connectivity index (χ0) is 8.81. The average molecular weight is 163 g/mol. The van der Waals surface area contributed by atoms with Gasteiger partial charge in [-0.15, -0.1) is 0 Å². The van der Waals surface area contributed by atoms with E-state index in [2.05, 4.69) is 4.98 Å². The van der Waals surface area contributed by atoms with Crippen molar-refractivity contribution in [3.63, 3.8) is 0 Å². The van der Waals surface area contributed by atoms with Crippen molar-refractivity contribution in [2.24, 2.45) is 0 Å². The molecule has 0 fully saturated rings. The van der Waals surface area contributed by atoms with E-state index in [1.807, 2.05) is 38.2 Å². The Balaban J connectivity index is 2.64. The van der Waals surface area contributed by atoms with Gasteiger partial charge >= 0.3 is 0 Å². The van der Waals surface area contributed by atoms with Crippen molar-refractivity contribution >= 4 is 6.08 Å². The van der Waals surface area contributed by atoms with Gasteiger partial charge in [0.15, 0.2) is 5.89 Å². The van der Waals surface area contributed by atoms with Crippen LogP contribution in [0.3, 0.4) is 0 Å². The molecule has 64 valence electrons. The van der Waals surface area contributed by atoms with E-state index in [1.165, 1.54) is 0 Å². The minimum Gasteiger partial charge on any atom is -0.448 e. The van der Waals surface area contributed by atoms with Gasteiger partial charge in [0, 0.05) is 6.42 Å². The summed E-state index contributed by atoms with van der Waals surface area (Å²) in [7, 11) is 0. The van der Waals surface area contributed by atoms with Crippen molar-refractivity contribution in [1.82, 2.24) is 4.98 Å². The molecule has 0 aliphatic rings. The number of rotatable bonds is 3. The zero-order valence-corrected chi connectivity index (χ0v) is 7.45. The highest BCUT2D eigenvalue weighted by molar-refractivity contribution is 5.41. The number of aromatic nitrogens is 1. The summed E-state index contributed by atoms with van der Waals surface area (Å²) >= 11 is 0. The molecule has 1 heterocycles. The third-order valence-electron chi connectivity index (χ3n) is 1.44. The Bertz CT molecular complexity index is 284. The third kappa shape index (κ3) is 2.38. The normalized spacial score (nSPS) is 11.8. The van der Waals surface area contributed by atoms with Crippen LogP contribution in [0, 0.1) is 0 Å². The van der Waals surface area contributed by atoms with Crippen LogP contribution in [0.1, 0.15) is 25.4 Å². The van der Waals surface area contributed by atoms with Gasteiger partial charge in [-0.2, -0.15) is 0 Å². The molecule has 0 unspecified atom stereocenters. The van der Waals surface area contributed by atoms with Crippen LogP contribution in [0.15, 0.2) is 28.9 Å². The maximum absolute atomic E-state index is 5.21. The molecular formula is C10H13NO. The molecule has 0 amide bonds. The van der Waals surface area contributed by atoms with E-state index in [4.69, 9.17) is 4.42 Å². The van der Waals surface area contributed by atoms with Crippen molar-refractivity contribution in [3.05, 3.63) is 36.1 Å². The first-order valence-electron chi connectivity index (χ1n) is 4.05. The highest BCUT2D eigenvalue weighted by Crippen LogP contribution is 2.04. The van der Waals surface area contributed by atoms with Gasteiger partial charge in [0.2, 0.25) is 0 Å². The average Bonchev–Trinajstić information content (AvgIpc) is 2.50. The number of hydrogen-bond acceptors (Lipinski definition) is 2. The van der Waals surface area contributed by atoms with Crippen LogP contribution in [-0.4, -0.2) is 4.98 Å². The van der Waals surface area contributed by atoms with Gasteiger partial charge in [-0.25, -0.2) is 4.98 Å². The molecule has 0 aliphatic carbocycles. The highest BCUT2D eigenvalue weighted by Gasteiger charge is 1.97. The van der Waals surface area contributed by atoms with Crippen molar-refractivity contribution in [2.75, 3.05) is 0 Å². The molecule has 0 saturated carbocycles. The Morgan fingerprint density at radius 2 is 2.25 bits per heavy atom. The summed E-state index contributed by atoms with van der Waals surface area (Å²) in [6, 6.07) is 0. The van der Waals surface area contributed by atoms with E-state index in [-0.39, 0.29) is 0 Å². The third-order valence-corrected chi connectivity index (χ3v) is 1.44. The second-order valence-electron chi connectivity index (χ2n) is 2.44. The van der Waals surface area contributed by atoms with Gasteiger partial charge in [0.05, 0.1) is 0 Å². The molecule has 0 saturated heterocycles. The summed E-state index contributed by atoms with van der Waals surface area (Å²) in [5.41, 5.74) is 0.886. The Labute approximate surface area is 72.6 Å². The largest absolute Gasteiger partial charge is 0.448 e. The van der Waals surface area contributed by atoms with Gasteiger partial charge < -0.3 is 4.42 Å². The topological polar surface area (TPSA) is 26.0 Å². The van der Waals surface area contributed by atoms with E-state index >= 15 is 0 Å². The smallest absolute Gasteiger partial charge is 0.198 e.